The van der Waals surface area contributed by atoms with Gasteiger partial charge in [0.25, 0.3) is 0 Å². The van der Waals surface area contributed by atoms with Crippen molar-refractivity contribution < 1.29 is 19.0 Å². The van der Waals surface area contributed by atoms with Crippen LogP contribution in [0.4, 0.5) is 5.69 Å². The van der Waals surface area contributed by atoms with E-state index in [4.69, 9.17) is 31.5 Å². The molecule has 0 aliphatic rings. The standard InChI is InChI=1S/C22H20ClNO4/c23-18-7-9-19(10-8-18)26-12-13-27-21-14-17(6-11-20(21)24)22(25)28-15-16-4-2-1-3-5-16/h1-11,14H,12-13,15,24H2. The molecule has 0 unspecified atom stereocenters. The van der Waals surface area contributed by atoms with Gasteiger partial charge in [-0.1, -0.05) is 41.9 Å². The normalized spacial score (nSPS) is 10.3. The van der Waals surface area contributed by atoms with Gasteiger partial charge in [0.2, 0.25) is 0 Å². The lowest BCUT2D eigenvalue weighted by Gasteiger charge is -2.12. The molecule has 0 atom stereocenters. The van der Waals surface area contributed by atoms with Crippen molar-refractivity contribution in [2.24, 2.45) is 0 Å². The highest BCUT2D eigenvalue weighted by Gasteiger charge is 2.11. The largest absolute Gasteiger partial charge is 0.490 e. The van der Waals surface area contributed by atoms with Crippen molar-refractivity contribution in [3.8, 4) is 11.5 Å². The molecule has 3 aromatic carbocycles. The number of nitrogen functional groups attached to an aromatic ring is 1. The van der Waals surface area contributed by atoms with Crippen LogP contribution in [0.25, 0.3) is 0 Å². The van der Waals surface area contributed by atoms with E-state index in [9.17, 15) is 4.79 Å². The second-order valence-corrected chi connectivity index (χ2v) is 6.40. The zero-order chi connectivity index (χ0) is 19.8. The molecule has 0 aliphatic heterocycles. The highest BCUT2D eigenvalue weighted by molar-refractivity contribution is 6.30. The molecule has 0 fully saturated rings. The summed E-state index contributed by atoms with van der Waals surface area (Å²) < 4.78 is 16.6. The highest BCUT2D eigenvalue weighted by atomic mass is 35.5. The van der Waals surface area contributed by atoms with Crippen LogP contribution < -0.4 is 15.2 Å². The lowest BCUT2D eigenvalue weighted by molar-refractivity contribution is 0.0472. The zero-order valence-electron chi connectivity index (χ0n) is 15.1. The van der Waals surface area contributed by atoms with Gasteiger partial charge in [0, 0.05) is 5.02 Å². The van der Waals surface area contributed by atoms with Gasteiger partial charge in [-0.05, 0) is 48.0 Å². The van der Waals surface area contributed by atoms with Crippen LogP contribution in [0.15, 0.2) is 72.8 Å². The zero-order valence-corrected chi connectivity index (χ0v) is 15.9. The molecule has 0 radical (unpaired) electrons. The molecule has 6 heteroatoms. The van der Waals surface area contributed by atoms with Gasteiger partial charge in [-0.25, -0.2) is 4.79 Å². The minimum Gasteiger partial charge on any atom is -0.490 e. The number of ether oxygens (including phenoxy) is 3. The maximum atomic E-state index is 12.3. The number of anilines is 1. The molecule has 0 amide bonds. The number of hydrogen-bond acceptors (Lipinski definition) is 5. The highest BCUT2D eigenvalue weighted by Crippen LogP contribution is 2.23. The first-order valence-electron chi connectivity index (χ1n) is 8.73. The number of esters is 1. The summed E-state index contributed by atoms with van der Waals surface area (Å²) in [5.74, 6) is 0.666. The van der Waals surface area contributed by atoms with Crippen LogP contribution in [0, 0.1) is 0 Å². The van der Waals surface area contributed by atoms with Gasteiger partial charge >= 0.3 is 5.97 Å². The molecule has 144 valence electrons. The number of nitrogens with two attached hydrogens (primary N) is 1. The Bertz CT molecular complexity index is 914. The average molecular weight is 398 g/mol. The maximum absolute atomic E-state index is 12.3. The molecule has 28 heavy (non-hydrogen) atoms. The van der Waals surface area contributed by atoms with E-state index in [-0.39, 0.29) is 13.2 Å². The van der Waals surface area contributed by atoms with Gasteiger partial charge in [0.15, 0.2) is 0 Å². The molecule has 0 spiro atoms. The molecule has 0 aliphatic carbocycles. The van der Waals surface area contributed by atoms with Crippen molar-refractivity contribution in [3.63, 3.8) is 0 Å². The minimum absolute atomic E-state index is 0.204. The summed E-state index contributed by atoms with van der Waals surface area (Å²) in [5, 5.41) is 0.646. The molecule has 0 saturated carbocycles. The van der Waals surface area contributed by atoms with Gasteiger partial charge in [0.1, 0.15) is 31.3 Å². The summed E-state index contributed by atoms with van der Waals surface area (Å²) in [6.07, 6.45) is 0. The molecule has 3 rings (SSSR count). The number of rotatable bonds is 8. The Morgan fingerprint density at radius 2 is 1.61 bits per heavy atom. The Morgan fingerprint density at radius 3 is 2.36 bits per heavy atom. The predicted octanol–water partition coefficient (Wildman–Crippen LogP) is 4.74. The topological polar surface area (TPSA) is 70.8 Å². The molecule has 0 bridgehead atoms. The fourth-order valence-corrected chi connectivity index (χ4v) is 2.56. The number of carbonyl (C=O) groups is 1. The van der Waals surface area contributed by atoms with Crippen molar-refractivity contribution in [1.29, 1.82) is 0 Å². The smallest absolute Gasteiger partial charge is 0.338 e. The first kappa shape index (κ1) is 19.6. The van der Waals surface area contributed by atoms with Crippen molar-refractivity contribution in [2.45, 2.75) is 6.61 Å². The van der Waals surface area contributed by atoms with Gasteiger partial charge in [-0.2, -0.15) is 0 Å². The molecule has 2 N–H and O–H groups in total. The first-order valence-corrected chi connectivity index (χ1v) is 9.11. The molecule has 0 heterocycles. The maximum Gasteiger partial charge on any atom is 0.338 e. The first-order chi connectivity index (χ1) is 13.6. The van der Waals surface area contributed by atoms with Crippen LogP contribution >= 0.6 is 11.6 Å². The summed E-state index contributed by atoms with van der Waals surface area (Å²) in [6, 6.07) is 21.3. The van der Waals surface area contributed by atoms with Gasteiger partial charge in [0.05, 0.1) is 11.3 Å². The third-order valence-electron chi connectivity index (χ3n) is 3.89. The Hall–Kier alpha value is -3.18. The van der Waals surface area contributed by atoms with Crippen LogP contribution in [-0.2, 0) is 11.3 Å². The molecule has 5 nitrogen and oxygen atoms in total. The fraction of sp³-hybridized carbons (Fsp3) is 0.136. The van der Waals surface area contributed by atoms with Crippen LogP contribution in [0.2, 0.25) is 5.02 Å². The fourth-order valence-electron chi connectivity index (χ4n) is 2.43. The predicted molar refractivity (Wildman–Crippen MR) is 109 cm³/mol. The van der Waals surface area contributed by atoms with E-state index in [1.165, 1.54) is 0 Å². The number of halogens is 1. The lowest BCUT2D eigenvalue weighted by atomic mass is 10.2. The summed E-state index contributed by atoms with van der Waals surface area (Å²) in [4.78, 5) is 12.3. The number of hydrogen-bond donors (Lipinski definition) is 1. The average Bonchev–Trinajstić information content (AvgIpc) is 2.72. The Morgan fingerprint density at radius 1 is 0.893 bits per heavy atom. The Labute approximate surface area is 168 Å². The summed E-state index contributed by atoms with van der Waals surface area (Å²) >= 11 is 5.84. The van der Waals surface area contributed by atoms with Crippen LogP contribution in [0.3, 0.4) is 0 Å². The number of carbonyl (C=O) groups excluding carboxylic acids is 1. The second-order valence-electron chi connectivity index (χ2n) is 5.97. The van der Waals surface area contributed by atoms with Crippen molar-refractivity contribution in [2.75, 3.05) is 18.9 Å². The van der Waals surface area contributed by atoms with Crippen molar-refractivity contribution in [1.82, 2.24) is 0 Å². The summed E-state index contributed by atoms with van der Waals surface area (Å²) in [6.45, 7) is 0.800. The van der Waals surface area contributed by atoms with E-state index in [2.05, 4.69) is 0 Å². The van der Waals surface area contributed by atoms with Crippen LogP contribution in [0.5, 0.6) is 11.5 Å². The Kier molecular flexibility index (Phi) is 6.76. The molecular formula is C22H20ClNO4. The molecule has 0 saturated heterocycles. The number of benzene rings is 3. The SMILES string of the molecule is Nc1ccc(C(=O)OCc2ccccc2)cc1OCCOc1ccc(Cl)cc1. The van der Waals surface area contributed by atoms with Crippen molar-refractivity contribution >= 4 is 23.3 Å². The molecular weight excluding hydrogens is 378 g/mol. The molecule has 0 aromatic heterocycles. The van der Waals surface area contributed by atoms with E-state index < -0.39 is 5.97 Å². The van der Waals surface area contributed by atoms with Gasteiger partial charge in [-0.3, -0.25) is 0 Å². The molecule has 3 aromatic rings. The van der Waals surface area contributed by atoms with E-state index in [0.29, 0.717) is 34.4 Å². The van der Waals surface area contributed by atoms with E-state index in [1.807, 2.05) is 30.3 Å². The van der Waals surface area contributed by atoms with Crippen LogP contribution in [0.1, 0.15) is 15.9 Å². The lowest BCUT2D eigenvalue weighted by Crippen LogP contribution is -2.11. The van der Waals surface area contributed by atoms with E-state index in [0.717, 1.165) is 5.56 Å². The monoisotopic (exact) mass is 397 g/mol. The third kappa shape index (κ3) is 5.66. The van der Waals surface area contributed by atoms with Crippen LogP contribution in [-0.4, -0.2) is 19.2 Å². The van der Waals surface area contributed by atoms with Gasteiger partial charge in [-0.15, -0.1) is 0 Å². The van der Waals surface area contributed by atoms with Gasteiger partial charge < -0.3 is 19.9 Å². The quantitative estimate of drug-likeness (QED) is 0.338. The van der Waals surface area contributed by atoms with E-state index >= 15 is 0 Å². The summed E-state index contributed by atoms with van der Waals surface area (Å²) in [5.41, 5.74) is 7.66. The second kappa shape index (κ2) is 9.67. The third-order valence-corrected chi connectivity index (χ3v) is 4.14. The Balaban J connectivity index is 1.52. The minimum atomic E-state index is -0.439. The van der Waals surface area contributed by atoms with E-state index in [1.54, 1.807) is 42.5 Å². The van der Waals surface area contributed by atoms with Crippen molar-refractivity contribution in [3.05, 3.63) is 88.9 Å². The summed E-state index contributed by atoms with van der Waals surface area (Å²) in [7, 11) is 0.